The lowest BCUT2D eigenvalue weighted by atomic mass is 10.0. The minimum Gasteiger partial charge on any atom is -0.438 e. The molecule has 0 aliphatic heterocycles. The molecule has 0 fully saturated rings. The first-order valence-corrected chi connectivity index (χ1v) is 6.54. The van der Waals surface area contributed by atoms with Crippen LogP contribution in [0, 0.1) is 11.8 Å². The van der Waals surface area contributed by atoms with E-state index in [0.29, 0.717) is 24.6 Å². The first kappa shape index (κ1) is 16.4. The van der Waals surface area contributed by atoms with Crippen LogP contribution in [-0.4, -0.2) is 30.6 Å². The lowest BCUT2D eigenvalue weighted by Crippen LogP contribution is -2.30. The molecule has 3 nitrogen and oxygen atoms in total. The smallest absolute Gasteiger partial charge is 0.438 e. The van der Waals surface area contributed by atoms with Gasteiger partial charge in [-0.25, -0.2) is 4.79 Å². The van der Waals surface area contributed by atoms with E-state index in [2.05, 4.69) is 16.6 Å². The molecule has 0 aromatic rings. The van der Waals surface area contributed by atoms with Crippen LogP contribution >= 0.6 is 23.2 Å². The maximum Gasteiger partial charge on any atom is 0.509 e. The van der Waals surface area contributed by atoms with Crippen LogP contribution in [0.3, 0.4) is 0 Å². The second kappa shape index (κ2) is 9.44. The van der Waals surface area contributed by atoms with E-state index in [0.717, 1.165) is 12.8 Å². The minimum absolute atomic E-state index is 0.503. The first-order valence-electron chi connectivity index (χ1n) is 5.47. The highest BCUT2D eigenvalue weighted by atomic mass is 35.5. The summed E-state index contributed by atoms with van der Waals surface area (Å²) in [6, 6.07) is 0. The lowest BCUT2D eigenvalue weighted by Gasteiger charge is -2.22. The fourth-order valence-corrected chi connectivity index (χ4v) is 1.44. The SMILES string of the molecule is COC(=O)OC(C)(C#CCCCCl)CCCCl. The van der Waals surface area contributed by atoms with Crippen molar-refractivity contribution < 1.29 is 14.3 Å². The van der Waals surface area contributed by atoms with Crippen molar-refractivity contribution in [3.63, 3.8) is 0 Å². The third-order valence-electron chi connectivity index (χ3n) is 2.05. The molecule has 5 heteroatoms. The van der Waals surface area contributed by atoms with Gasteiger partial charge in [0.1, 0.15) is 0 Å². The van der Waals surface area contributed by atoms with E-state index in [4.69, 9.17) is 27.9 Å². The standard InChI is InChI=1S/C12H18Cl2O3/c1-12(8-6-10-14,17-11(15)16-2)7-4-3-5-9-13/h3,5-6,8-10H2,1-2H3. The second-order valence-corrected chi connectivity index (χ2v) is 4.43. The Kier molecular flexibility index (Phi) is 9.11. The molecular formula is C12H18Cl2O3. The molecule has 0 heterocycles. The predicted octanol–water partition coefficient (Wildman–Crippen LogP) is 3.57. The highest BCUT2D eigenvalue weighted by Crippen LogP contribution is 2.18. The number of methoxy groups -OCH3 is 1. The van der Waals surface area contributed by atoms with Crippen molar-refractivity contribution in [2.45, 2.75) is 38.2 Å². The number of carbonyl (C=O) groups excluding carboxylic acids is 1. The third kappa shape index (κ3) is 8.18. The molecule has 0 aliphatic rings. The molecule has 0 aromatic heterocycles. The van der Waals surface area contributed by atoms with Crippen molar-refractivity contribution in [2.24, 2.45) is 0 Å². The van der Waals surface area contributed by atoms with Crippen LogP contribution in [0.5, 0.6) is 0 Å². The van der Waals surface area contributed by atoms with E-state index >= 15 is 0 Å². The fourth-order valence-electron chi connectivity index (χ4n) is 1.17. The molecule has 0 radical (unpaired) electrons. The quantitative estimate of drug-likeness (QED) is 0.323. The Morgan fingerprint density at radius 1 is 1.29 bits per heavy atom. The van der Waals surface area contributed by atoms with Gasteiger partial charge in [-0.15, -0.1) is 23.2 Å². The highest BCUT2D eigenvalue weighted by molar-refractivity contribution is 6.18. The van der Waals surface area contributed by atoms with E-state index in [1.807, 2.05) is 0 Å². The maximum absolute atomic E-state index is 11.1. The largest absolute Gasteiger partial charge is 0.509 e. The van der Waals surface area contributed by atoms with Crippen LogP contribution < -0.4 is 0 Å². The van der Waals surface area contributed by atoms with E-state index in [1.165, 1.54) is 7.11 Å². The molecule has 1 unspecified atom stereocenters. The molecule has 1 atom stereocenters. The summed E-state index contributed by atoms with van der Waals surface area (Å²) < 4.78 is 9.61. The van der Waals surface area contributed by atoms with Gasteiger partial charge in [0.05, 0.1) is 7.11 Å². The van der Waals surface area contributed by atoms with Crippen LogP contribution in [0.4, 0.5) is 4.79 Å². The van der Waals surface area contributed by atoms with Gasteiger partial charge < -0.3 is 9.47 Å². The number of hydrogen-bond acceptors (Lipinski definition) is 3. The summed E-state index contributed by atoms with van der Waals surface area (Å²) in [5.41, 5.74) is -0.839. The van der Waals surface area contributed by atoms with Crippen molar-refractivity contribution in [2.75, 3.05) is 18.9 Å². The van der Waals surface area contributed by atoms with Crippen molar-refractivity contribution in [3.8, 4) is 11.8 Å². The van der Waals surface area contributed by atoms with Gasteiger partial charge in [-0.2, -0.15) is 0 Å². The normalized spacial score (nSPS) is 13.2. The third-order valence-corrected chi connectivity index (χ3v) is 2.59. The van der Waals surface area contributed by atoms with Gasteiger partial charge in [0.25, 0.3) is 0 Å². The Morgan fingerprint density at radius 2 is 1.94 bits per heavy atom. The summed E-state index contributed by atoms with van der Waals surface area (Å²) >= 11 is 11.2. The van der Waals surface area contributed by atoms with Gasteiger partial charge in [0.15, 0.2) is 5.60 Å². The second-order valence-electron chi connectivity index (χ2n) is 3.67. The molecule has 0 N–H and O–H groups in total. The Balaban J connectivity index is 4.45. The van der Waals surface area contributed by atoms with E-state index in [1.54, 1.807) is 6.92 Å². The summed E-state index contributed by atoms with van der Waals surface area (Å²) in [6.07, 6.45) is 2.08. The van der Waals surface area contributed by atoms with Crippen LogP contribution in [0.15, 0.2) is 0 Å². The number of halogens is 2. The lowest BCUT2D eigenvalue weighted by molar-refractivity contribution is 0.00940. The number of unbranched alkanes of at least 4 members (excludes halogenated alkanes) is 1. The Bertz CT molecular complexity index is 283. The average Bonchev–Trinajstić information content (AvgIpc) is 2.32. The van der Waals surface area contributed by atoms with Gasteiger partial charge in [0, 0.05) is 18.2 Å². The number of alkyl halides is 2. The Hall–Kier alpha value is -0.590. The molecule has 0 spiro atoms. The van der Waals surface area contributed by atoms with E-state index < -0.39 is 11.8 Å². The molecule has 0 amide bonds. The zero-order valence-corrected chi connectivity index (χ0v) is 11.7. The molecular weight excluding hydrogens is 263 g/mol. The topological polar surface area (TPSA) is 35.5 Å². The van der Waals surface area contributed by atoms with Crippen molar-refractivity contribution in [1.82, 2.24) is 0 Å². The van der Waals surface area contributed by atoms with Crippen LogP contribution in [0.1, 0.15) is 32.6 Å². The monoisotopic (exact) mass is 280 g/mol. The molecule has 17 heavy (non-hydrogen) atoms. The van der Waals surface area contributed by atoms with Gasteiger partial charge >= 0.3 is 6.16 Å². The first-order chi connectivity index (χ1) is 8.08. The molecule has 0 aromatic carbocycles. The predicted molar refractivity (Wildman–Crippen MR) is 69.6 cm³/mol. The number of ether oxygens (including phenoxy) is 2. The average molecular weight is 281 g/mol. The maximum atomic E-state index is 11.1. The van der Waals surface area contributed by atoms with Crippen LogP contribution in [0.2, 0.25) is 0 Å². The summed E-state index contributed by atoms with van der Waals surface area (Å²) in [4.78, 5) is 11.1. The van der Waals surface area contributed by atoms with Gasteiger partial charge in [-0.3, -0.25) is 0 Å². The molecule has 0 aliphatic carbocycles. The zero-order chi connectivity index (χ0) is 13.1. The molecule has 0 saturated heterocycles. The van der Waals surface area contributed by atoms with Crippen LogP contribution in [0.25, 0.3) is 0 Å². The van der Waals surface area contributed by atoms with Crippen LogP contribution in [-0.2, 0) is 9.47 Å². The summed E-state index contributed by atoms with van der Waals surface area (Å²) in [6.45, 7) is 1.75. The van der Waals surface area contributed by atoms with Crippen molar-refractivity contribution in [3.05, 3.63) is 0 Å². The minimum atomic E-state index is -0.839. The fraction of sp³-hybridized carbons (Fsp3) is 0.750. The Morgan fingerprint density at radius 3 is 2.47 bits per heavy atom. The number of hydrogen-bond donors (Lipinski definition) is 0. The zero-order valence-electron chi connectivity index (χ0n) is 10.2. The molecule has 0 saturated carbocycles. The van der Waals surface area contributed by atoms with E-state index in [-0.39, 0.29) is 0 Å². The molecule has 98 valence electrons. The van der Waals surface area contributed by atoms with Gasteiger partial charge in [-0.05, 0) is 26.2 Å². The van der Waals surface area contributed by atoms with E-state index in [9.17, 15) is 4.79 Å². The van der Waals surface area contributed by atoms with Gasteiger partial charge in [-0.1, -0.05) is 11.8 Å². The van der Waals surface area contributed by atoms with Gasteiger partial charge in [0.2, 0.25) is 0 Å². The summed E-state index contributed by atoms with van der Waals surface area (Å²) in [7, 11) is 1.27. The van der Waals surface area contributed by atoms with Crippen molar-refractivity contribution in [1.29, 1.82) is 0 Å². The van der Waals surface area contributed by atoms with Crippen molar-refractivity contribution >= 4 is 29.4 Å². The number of rotatable bonds is 6. The Labute approximate surface area is 113 Å². The molecule has 0 bridgehead atoms. The highest BCUT2D eigenvalue weighted by Gasteiger charge is 2.26. The summed E-state index contributed by atoms with van der Waals surface area (Å²) in [5.74, 6) is 6.97. The number of carbonyl (C=O) groups is 1. The summed E-state index contributed by atoms with van der Waals surface area (Å²) in [5, 5.41) is 0. The molecule has 0 rings (SSSR count).